The van der Waals surface area contributed by atoms with Crippen molar-refractivity contribution in [1.29, 1.82) is 0 Å². The SMILES string of the molecule is CC(CO)C1=C(N)CCC(CN)C1. The molecule has 13 heavy (non-hydrogen) atoms. The monoisotopic (exact) mass is 184 g/mol. The molecule has 0 aliphatic heterocycles. The molecule has 2 atom stereocenters. The first-order valence-corrected chi connectivity index (χ1v) is 4.97. The Morgan fingerprint density at radius 3 is 2.85 bits per heavy atom. The number of aliphatic hydroxyl groups is 1. The van der Waals surface area contributed by atoms with E-state index in [-0.39, 0.29) is 12.5 Å². The van der Waals surface area contributed by atoms with Crippen molar-refractivity contribution >= 4 is 0 Å². The molecule has 1 rings (SSSR count). The summed E-state index contributed by atoms with van der Waals surface area (Å²) >= 11 is 0. The topological polar surface area (TPSA) is 72.3 Å². The van der Waals surface area contributed by atoms with E-state index in [1.54, 1.807) is 0 Å². The Hall–Kier alpha value is -0.540. The predicted molar refractivity (Wildman–Crippen MR) is 53.9 cm³/mol. The highest BCUT2D eigenvalue weighted by molar-refractivity contribution is 5.17. The van der Waals surface area contributed by atoms with Crippen LogP contribution in [0.1, 0.15) is 26.2 Å². The summed E-state index contributed by atoms with van der Waals surface area (Å²) in [6, 6.07) is 0. The highest BCUT2D eigenvalue weighted by atomic mass is 16.3. The van der Waals surface area contributed by atoms with Crippen molar-refractivity contribution in [2.24, 2.45) is 23.3 Å². The number of aliphatic hydroxyl groups excluding tert-OH is 1. The fourth-order valence-corrected chi connectivity index (χ4v) is 1.89. The second-order valence-electron chi connectivity index (χ2n) is 3.98. The van der Waals surface area contributed by atoms with Crippen molar-refractivity contribution in [2.75, 3.05) is 13.2 Å². The molecule has 0 fully saturated rings. The number of allylic oxidation sites excluding steroid dienone is 1. The van der Waals surface area contributed by atoms with Gasteiger partial charge in [-0.2, -0.15) is 0 Å². The van der Waals surface area contributed by atoms with Gasteiger partial charge >= 0.3 is 0 Å². The molecule has 76 valence electrons. The first-order valence-electron chi connectivity index (χ1n) is 4.97. The Labute approximate surface area is 79.8 Å². The summed E-state index contributed by atoms with van der Waals surface area (Å²) in [7, 11) is 0. The van der Waals surface area contributed by atoms with Crippen LogP contribution >= 0.6 is 0 Å². The van der Waals surface area contributed by atoms with E-state index in [2.05, 4.69) is 0 Å². The van der Waals surface area contributed by atoms with Crippen LogP contribution in [0.4, 0.5) is 0 Å². The smallest absolute Gasteiger partial charge is 0.0494 e. The van der Waals surface area contributed by atoms with Gasteiger partial charge in [-0.3, -0.25) is 0 Å². The fraction of sp³-hybridized carbons (Fsp3) is 0.800. The molecule has 0 aromatic rings. The van der Waals surface area contributed by atoms with Crippen LogP contribution in [0.25, 0.3) is 0 Å². The second-order valence-corrected chi connectivity index (χ2v) is 3.98. The fourth-order valence-electron chi connectivity index (χ4n) is 1.89. The van der Waals surface area contributed by atoms with Gasteiger partial charge < -0.3 is 16.6 Å². The number of hydrogen-bond donors (Lipinski definition) is 3. The van der Waals surface area contributed by atoms with Gasteiger partial charge in [0.25, 0.3) is 0 Å². The Bertz CT molecular complexity index is 201. The molecule has 0 saturated carbocycles. The molecular formula is C10H20N2O. The predicted octanol–water partition coefficient (Wildman–Crippen LogP) is 0.586. The third-order valence-corrected chi connectivity index (χ3v) is 2.95. The maximum atomic E-state index is 9.04. The molecular weight excluding hydrogens is 164 g/mol. The Balaban J connectivity index is 2.68. The average molecular weight is 184 g/mol. The van der Waals surface area contributed by atoms with Gasteiger partial charge in [-0.05, 0) is 37.3 Å². The summed E-state index contributed by atoms with van der Waals surface area (Å²) in [5.74, 6) is 0.769. The number of hydrogen-bond acceptors (Lipinski definition) is 3. The van der Waals surface area contributed by atoms with Crippen LogP contribution in [0.3, 0.4) is 0 Å². The lowest BCUT2D eigenvalue weighted by Crippen LogP contribution is -2.24. The van der Waals surface area contributed by atoms with Crippen molar-refractivity contribution in [3.63, 3.8) is 0 Å². The third-order valence-electron chi connectivity index (χ3n) is 2.95. The number of nitrogens with two attached hydrogens (primary N) is 2. The maximum absolute atomic E-state index is 9.04. The van der Waals surface area contributed by atoms with Crippen molar-refractivity contribution in [2.45, 2.75) is 26.2 Å². The average Bonchev–Trinajstić information content (AvgIpc) is 2.17. The molecule has 3 heteroatoms. The molecule has 3 nitrogen and oxygen atoms in total. The molecule has 1 aliphatic rings. The third kappa shape index (κ3) is 2.45. The van der Waals surface area contributed by atoms with Gasteiger partial charge in [-0.1, -0.05) is 6.92 Å². The van der Waals surface area contributed by atoms with E-state index in [0.717, 1.165) is 31.5 Å². The highest BCUT2D eigenvalue weighted by Crippen LogP contribution is 2.30. The summed E-state index contributed by atoms with van der Waals surface area (Å²) in [4.78, 5) is 0. The van der Waals surface area contributed by atoms with Crippen LogP contribution in [0, 0.1) is 11.8 Å². The zero-order valence-electron chi connectivity index (χ0n) is 8.29. The van der Waals surface area contributed by atoms with E-state index >= 15 is 0 Å². The largest absolute Gasteiger partial charge is 0.402 e. The van der Waals surface area contributed by atoms with E-state index in [1.165, 1.54) is 5.57 Å². The summed E-state index contributed by atoms with van der Waals surface area (Å²) < 4.78 is 0. The van der Waals surface area contributed by atoms with Gasteiger partial charge in [-0.15, -0.1) is 0 Å². The zero-order chi connectivity index (χ0) is 9.84. The minimum atomic E-state index is 0.188. The molecule has 2 unspecified atom stereocenters. The Morgan fingerprint density at radius 1 is 1.62 bits per heavy atom. The van der Waals surface area contributed by atoms with Crippen LogP contribution in [0.15, 0.2) is 11.3 Å². The standard InChI is InChI=1S/C10H20N2O/c1-7(6-13)9-4-8(5-11)2-3-10(9)12/h7-8,13H,2-6,11-12H2,1H3. The van der Waals surface area contributed by atoms with Crippen LogP contribution in [0.5, 0.6) is 0 Å². The first kappa shape index (κ1) is 10.5. The summed E-state index contributed by atoms with van der Waals surface area (Å²) in [5, 5.41) is 9.04. The minimum Gasteiger partial charge on any atom is -0.402 e. The molecule has 5 N–H and O–H groups in total. The highest BCUT2D eigenvalue weighted by Gasteiger charge is 2.21. The van der Waals surface area contributed by atoms with E-state index in [1.807, 2.05) is 6.92 Å². The van der Waals surface area contributed by atoms with Gasteiger partial charge in [-0.25, -0.2) is 0 Å². The molecule has 0 saturated heterocycles. The molecule has 0 amide bonds. The van der Waals surface area contributed by atoms with E-state index in [9.17, 15) is 0 Å². The van der Waals surface area contributed by atoms with Gasteiger partial charge in [0.1, 0.15) is 0 Å². The molecule has 0 heterocycles. The lowest BCUT2D eigenvalue weighted by atomic mass is 9.82. The van der Waals surface area contributed by atoms with Crippen molar-refractivity contribution in [3.05, 3.63) is 11.3 Å². The van der Waals surface area contributed by atoms with Crippen LogP contribution in [-0.4, -0.2) is 18.3 Å². The minimum absolute atomic E-state index is 0.188. The van der Waals surface area contributed by atoms with E-state index in [4.69, 9.17) is 16.6 Å². The van der Waals surface area contributed by atoms with Crippen LogP contribution in [0.2, 0.25) is 0 Å². The Kier molecular flexibility index (Phi) is 3.75. The molecule has 0 bridgehead atoms. The van der Waals surface area contributed by atoms with E-state index < -0.39 is 0 Å². The van der Waals surface area contributed by atoms with Crippen LogP contribution in [-0.2, 0) is 0 Å². The zero-order valence-corrected chi connectivity index (χ0v) is 8.29. The molecule has 0 aromatic carbocycles. The normalized spacial score (nSPS) is 26.2. The van der Waals surface area contributed by atoms with Crippen LogP contribution < -0.4 is 11.5 Å². The van der Waals surface area contributed by atoms with Gasteiger partial charge in [0.2, 0.25) is 0 Å². The maximum Gasteiger partial charge on any atom is 0.0494 e. The summed E-state index contributed by atoms with van der Waals surface area (Å²) in [5.41, 5.74) is 13.7. The second kappa shape index (κ2) is 4.63. The summed E-state index contributed by atoms with van der Waals surface area (Å²) in [6.07, 6.45) is 3.02. The van der Waals surface area contributed by atoms with E-state index in [0.29, 0.717) is 5.92 Å². The first-order chi connectivity index (χ1) is 6.19. The molecule has 0 aromatic heterocycles. The van der Waals surface area contributed by atoms with Gasteiger partial charge in [0, 0.05) is 18.2 Å². The quantitative estimate of drug-likeness (QED) is 0.601. The molecule has 0 spiro atoms. The summed E-state index contributed by atoms with van der Waals surface area (Å²) in [6.45, 7) is 2.93. The van der Waals surface area contributed by atoms with Crippen molar-refractivity contribution in [3.8, 4) is 0 Å². The lowest BCUT2D eigenvalue weighted by Gasteiger charge is -2.27. The molecule has 1 aliphatic carbocycles. The lowest BCUT2D eigenvalue weighted by molar-refractivity contribution is 0.247. The van der Waals surface area contributed by atoms with Crippen molar-refractivity contribution < 1.29 is 5.11 Å². The Morgan fingerprint density at radius 2 is 2.31 bits per heavy atom. The number of rotatable bonds is 3. The molecule has 0 radical (unpaired) electrons. The van der Waals surface area contributed by atoms with Crippen molar-refractivity contribution in [1.82, 2.24) is 0 Å². The van der Waals surface area contributed by atoms with Gasteiger partial charge in [0.15, 0.2) is 0 Å². The van der Waals surface area contributed by atoms with Gasteiger partial charge in [0.05, 0.1) is 0 Å².